The Bertz CT molecular complexity index is 347. The maximum atomic E-state index is 10.1. The number of aliphatic hydroxyl groups is 1. The largest absolute Gasteiger partial charge is 0.496 e. The third-order valence-electron chi connectivity index (χ3n) is 3.11. The van der Waals surface area contributed by atoms with Gasteiger partial charge in [0, 0.05) is 10.6 Å². The van der Waals surface area contributed by atoms with E-state index in [-0.39, 0.29) is 0 Å². The summed E-state index contributed by atoms with van der Waals surface area (Å²) in [6.07, 6.45) is 3.02. The van der Waals surface area contributed by atoms with Crippen LogP contribution in [0.5, 0.6) is 5.75 Å². The highest BCUT2D eigenvalue weighted by atomic mass is 35.5. The van der Waals surface area contributed by atoms with Crippen LogP contribution in [0.15, 0.2) is 18.2 Å². The molecule has 0 radical (unpaired) electrons. The molecule has 82 valence electrons. The molecule has 0 spiro atoms. The van der Waals surface area contributed by atoms with Crippen LogP contribution in [0, 0.1) is 5.92 Å². The van der Waals surface area contributed by atoms with Crippen LogP contribution in [0.2, 0.25) is 5.02 Å². The molecule has 1 N–H and O–H groups in total. The fourth-order valence-electron chi connectivity index (χ4n) is 1.94. The average Bonchev–Trinajstić information content (AvgIpc) is 2.14. The number of hydrogen-bond donors (Lipinski definition) is 1. The molecular formula is C12H15ClO2. The topological polar surface area (TPSA) is 29.5 Å². The lowest BCUT2D eigenvalue weighted by atomic mass is 9.78. The molecule has 0 saturated heterocycles. The van der Waals surface area contributed by atoms with E-state index in [9.17, 15) is 5.11 Å². The number of aliphatic hydroxyl groups excluding tert-OH is 1. The van der Waals surface area contributed by atoms with E-state index in [1.54, 1.807) is 19.2 Å². The molecule has 1 saturated carbocycles. The van der Waals surface area contributed by atoms with Crippen LogP contribution < -0.4 is 4.74 Å². The molecule has 2 rings (SSSR count). The van der Waals surface area contributed by atoms with Crippen molar-refractivity contribution in [3.63, 3.8) is 0 Å². The molecule has 1 fully saturated rings. The molecule has 1 aromatic rings. The highest BCUT2D eigenvalue weighted by Crippen LogP contribution is 2.41. The lowest BCUT2D eigenvalue weighted by Gasteiger charge is -2.31. The molecule has 2 nitrogen and oxygen atoms in total. The minimum atomic E-state index is -0.411. The van der Waals surface area contributed by atoms with E-state index in [0.29, 0.717) is 16.7 Å². The molecule has 1 unspecified atom stereocenters. The predicted octanol–water partition coefficient (Wildman–Crippen LogP) is 3.18. The zero-order valence-electron chi connectivity index (χ0n) is 8.74. The maximum absolute atomic E-state index is 10.1. The molecule has 0 bridgehead atoms. The molecular weight excluding hydrogens is 212 g/mol. The van der Waals surface area contributed by atoms with Gasteiger partial charge in [0.25, 0.3) is 0 Å². The van der Waals surface area contributed by atoms with Gasteiger partial charge in [-0.2, -0.15) is 0 Å². The first-order valence-corrected chi connectivity index (χ1v) is 5.61. The molecule has 1 atom stereocenters. The summed E-state index contributed by atoms with van der Waals surface area (Å²) in [5, 5.41) is 10.8. The van der Waals surface area contributed by atoms with Crippen molar-refractivity contribution in [1.29, 1.82) is 0 Å². The Morgan fingerprint density at radius 2 is 2.20 bits per heavy atom. The Morgan fingerprint density at radius 3 is 2.73 bits per heavy atom. The predicted molar refractivity (Wildman–Crippen MR) is 60.3 cm³/mol. The third kappa shape index (κ3) is 2.11. The van der Waals surface area contributed by atoms with Gasteiger partial charge in [-0.15, -0.1) is 0 Å². The summed E-state index contributed by atoms with van der Waals surface area (Å²) in [6, 6.07) is 5.39. The van der Waals surface area contributed by atoms with Gasteiger partial charge < -0.3 is 9.84 Å². The van der Waals surface area contributed by atoms with Crippen LogP contribution in [0.25, 0.3) is 0 Å². The van der Waals surface area contributed by atoms with Crippen molar-refractivity contribution in [2.45, 2.75) is 25.4 Å². The number of methoxy groups -OCH3 is 1. The van der Waals surface area contributed by atoms with Gasteiger partial charge in [0.05, 0.1) is 13.2 Å². The number of halogens is 1. The minimum Gasteiger partial charge on any atom is -0.496 e. The summed E-state index contributed by atoms with van der Waals surface area (Å²) in [5.74, 6) is 1.07. The monoisotopic (exact) mass is 226 g/mol. The Balaban J connectivity index is 2.25. The van der Waals surface area contributed by atoms with Crippen molar-refractivity contribution in [3.8, 4) is 5.75 Å². The van der Waals surface area contributed by atoms with Crippen molar-refractivity contribution in [2.24, 2.45) is 5.92 Å². The standard InChI is InChI=1S/C12H15ClO2/c1-15-11-7-9(13)5-6-10(11)12(14)8-3-2-4-8/h5-8,12,14H,2-4H2,1H3. The third-order valence-corrected chi connectivity index (χ3v) is 3.35. The normalized spacial score (nSPS) is 18.3. The van der Waals surface area contributed by atoms with E-state index in [1.807, 2.05) is 6.07 Å². The zero-order chi connectivity index (χ0) is 10.8. The summed E-state index contributed by atoms with van der Waals surface area (Å²) in [6.45, 7) is 0. The summed E-state index contributed by atoms with van der Waals surface area (Å²) in [4.78, 5) is 0. The van der Waals surface area contributed by atoms with Gasteiger partial charge in [0.2, 0.25) is 0 Å². The van der Waals surface area contributed by atoms with E-state index in [4.69, 9.17) is 16.3 Å². The summed E-state index contributed by atoms with van der Waals surface area (Å²) in [5.41, 5.74) is 0.853. The molecule has 3 heteroatoms. The van der Waals surface area contributed by atoms with Gasteiger partial charge in [-0.05, 0) is 30.9 Å². The van der Waals surface area contributed by atoms with Gasteiger partial charge in [0.15, 0.2) is 0 Å². The number of hydrogen-bond acceptors (Lipinski definition) is 2. The summed E-state index contributed by atoms with van der Waals surface area (Å²) < 4.78 is 5.22. The van der Waals surface area contributed by atoms with E-state index in [1.165, 1.54) is 6.42 Å². The Labute approximate surface area is 94.8 Å². The van der Waals surface area contributed by atoms with Crippen molar-refractivity contribution >= 4 is 11.6 Å². The SMILES string of the molecule is COc1cc(Cl)ccc1C(O)C1CCC1. The quantitative estimate of drug-likeness (QED) is 0.858. The lowest BCUT2D eigenvalue weighted by molar-refractivity contribution is 0.0600. The first kappa shape index (κ1) is 10.8. The highest BCUT2D eigenvalue weighted by molar-refractivity contribution is 6.30. The molecule has 1 aromatic carbocycles. The van der Waals surface area contributed by atoms with Crippen molar-refractivity contribution in [2.75, 3.05) is 7.11 Å². The Morgan fingerprint density at radius 1 is 1.47 bits per heavy atom. The second-order valence-electron chi connectivity index (χ2n) is 4.02. The molecule has 0 aliphatic heterocycles. The minimum absolute atomic E-state index is 0.389. The van der Waals surface area contributed by atoms with Crippen LogP contribution in [0.4, 0.5) is 0 Å². The fraction of sp³-hybridized carbons (Fsp3) is 0.500. The van der Waals surface area contributed by atoms with E-state index < -0.39 is 6.10 Å². The van der Waals surface area contributed by atoms with Crippen molar-refractivity contribution in [1.82, 2.24) is 0 Å². The van der Waals surface area contributed by atoms with Gasteiger partial charge >= 0.3 is 0 Å². The van der Waals surface area contributed by atoms with Crippen molar-refractivity contribution < 1.29 is 9.84 Å². The average molecular weight is 227 g/mol. The Kier molecular flexibility index (Phi) is 3.17. The first-order valence-electron chi connectivity index (χ1n) is 5.24. The molecule has 0 heterocycles. The number of ether oxygens (including phenoxy) is 1. The highest BCUT2D eigenvalue weighted by Gasteiger charge is 2.28. The molecule has 1 aliphatic rings. The lowest BCUT2D eigenvalue weighted by Crippen LogP contribution is -2.20. The maximum Gasteiger partial charge on any atom is 0.126 e. The van der Waals surface area contributed by atoms with Crippen LogP contribution in [-0.2, 0) is 0 Å². The first-order chi connectivity index (χ1) is 7.22. The van der Waals surface area contributed by atoms with E-state index in [2.05, 4.69) is 0 Å². The summed E-state index contributed by atoms with van der Waals surface area (Å²) in [7, 11) is 1.60. The second-order valence-corrected chi connectivity index (χ2v) is 4.46. The molecule has 0 aromatic heterocycles. The molecule has 0 amide bonds. The number of rotatable bonds is 3. The Hall–Kier alpha value is -0.730. The molecule has 15 heavy (non-hydrogen) atoms. The smallest absolute Gasteiger partial charge is 0.126 e. The zero-order valence-corrected chi connectivity index (χ0v) is 9.50. The van der Waals surface area contributed by atoms with Gasteiger partial charge in [-0.25, -0.2) is 0 Å². The van der Waals surface area contributed by atoms with E-state index >= 15 is 0 Å². The number of benzene rings is 1. The van der Waals surface area contributed by atoms with E-state index in [0.717, 1.165) is 18.4 Å². The van der Waals surface area contributed by atoms with Crippen molar-refractivity contribution in [3.05, 3.63) is 28.8 Å². The van der Waals surface area contributed by atoms with Gasteiger partial charge in [-0.1, -0.05) is 24.1 Å². The van der Waals surface area contributed by atoms with Gasteiger partial charge in [-0.3, -0.25) is 0 Å². The molecule has 1 aliphatic carbocycles. The van der Waals surface area contributed by atoms with Crippen LogP contribution in [-0.4, -0.2) is 12.2 Å². The van der Waals surface area contributed by atoms with Gasteiger partial charge in [0.1, 0.15) is 5.75 Å². The van der Waals surface area contributed by atoms with Crippen LogP contribution in [0.1, 0.15) is 30.9 Å². The van der Waals surface area contributed by atoms with Crippen LogP contribution >= 0.6 is 11.6 Å². The van der Waals surface area contributed by atoms with Crippen LogP contribution in [0.3, 0.4) is 0 Å². The second kappa shape index (κ2) is 4.42. The summed E-state index contributed by atoms with van der Waals surface area (Å²) >= 11 is 5.87. The fourth-order valence-corrected chi connectivity index (χ4v) is 2.10.